The Morgan fingerprint density at radius 2 is 2.00 bits per heavy atom. The Hall–Kier alpha value is -3.53. The lowest BCUT2D eigenvalue weighted by molar-refractivity contribution is -0.130. The molecule has 1 atom stereocenters. The number of ether oxygens (including phenoxy) is 1. The number of nitrogens with zero attached hydrogens (tertiary/aromatic N) is 3. The summed E-state index contributed by atoms with van der Waals surface area (Å²) < 4.78 is 44.5. The molecule has 0 fully saturated rings. The first-order valence-electron chi connectivity index (χ1n) is 9.29. The van der Waals surface area contributed by atoms with Crippen molar-refractivity contribution in [2.45, 2.75) is 12.2 Å². The van der Waals surface area contributed by atoms with Gasteiger partial charge in [-0.2, -0.15) is 23.4 Å². The third kappa shape index (κ3) is 4.06. The maximum absolute atomic E-state index is 13.2. The first kappa shape index (κ1) is 20.7. The molecule has 2 aromatic carbocycles. The van der Waals surface area contributed by atoms with E-state index in [1.54, 1.807) is 36.4 Å². The number of hydrogen-bond acceptors (Lipinski definition) is 5. The molecule has 4 rings (SSSR count). The van der Waals surface area contributed by atoms with Crippen molar-refractivity contribution in [3.05, 3.63) is 59.8 Å². The van der Waals surface area contributed by atoms with Gasteiger partial charge in [-0.05, 0) is 17.7 Å². The molecule has 1 unspecified atom stereocenters. The molecule has 2 aliphatic heterocycles. The van der Waals surface area contributed by atoms with Crippen LogP contribution in [0.15, 0.2) is 64.5 Å². The van der Waals surface area contributed by atoms with Gasteiger partial charge >= 0.3 is 6.18 Å². The molecular weight excluding hydrogens is 413 g/mol. The van der Waals surface area contributed by atoms with Crippen LogP contribution in [0, 0.1) is 0 Å². The molecule has 2 amide bonds. The van der Waals surface area contributed by atoms with Crippen molar-refractivity contribution in [3.8, 4) is 11.1 Å². The number of alkyl halides is 3. The minimum atomic E-state index is -4.59. The lowest BCUT2D eigenvalue weighted by atomic mass is 9.90. The van der Waals surface area contributed by atoms with Crippen molar-refractivity contribution < 1.29 is 27.5 Å². The van der Waals surface area contributed by atoms with Gasteiger partial charge in [-0.1, -0.05) is 30.3 Å². The Kier molecular flexibility index (Phi) is 5.32. The second kappa shape index (κ2) is 7.95. The number of fused-ring (bicyclic) bond motifs is 3. The van der Waals surface area contributed by atoms with Crippen LogP contribution in [0.1, 0.15) is 11.6 Å². The van der Waals surface area contributed by atoms with E-state index in [4.69, 9.17) is 4.74 Å². The van der Waals surface area contributed by atoms with Crippen molar-refractivity contribution >= 4 is 23.2 Å². The van der Waals surface area contributed by atoms with Gasteiger partial charge in [0.1, 0.15) is 19.2 Å². The molecule has 10 heteroatoms. The van der Waals surface area contributed by atoms with Gasteiger partial charge in [0.2, 0.25) is 5.91 Å². The van der Waals surface area contributed by atoms with Gasteiger partial charge in [0, 0.05) is 23.9 Å². The number of anilines is 2. The lowest BCUT2D eigenvalue weighted by Gasteiger charge is -2.33. The van der Waals surface area contributed by atoms with Gasteiger partial charge in [-0.25, -0.2) is 0 Å². The predicted octanol–water partition coefficient (Wildman–Crippen LogP) is 4.24. The highest BCUT2D eigenvalue weighted by Gasteiger charge is 2.43. The summed E-state index contributed by atoms with van der Waals surface area (Å²) in [5.74, 6) is -1.15. The summed E-state index contributed by atoms with van der Waals surface area (Å²) in [6, 6.07) is 11.0. The monoisotopic (exact) mass is 430 g/mol. The molecule has 31 heavy (non-hydrogen) atoms. The average Bonchev–Trinajstić information content (AvgIpc) is 3.21. The first-order chi connectivity index (χ1) is 14.8. The van der Waals surface area contributed by atoms with Gasteiger partial charge in [-0.3, -0.25) is 14.5 Å². The molecule has 0 aromatic heterocycles. The Bertz CT molecular complexity index is 1110. The third-order valence-electron chi connectivity index (χ3n) is 4.91. The summed E-state index contributed by atoms with van der Waals surface area (Å²) >= 11 is 0. The summed E-state index contributed by atoms with van der Waals surface area (Å²) in [4.78, 5) is 25.4. The zero-order valence-corrected chi connectivity index (χ0v) is 16.3. The van der Waals surface area contributed by atoms with Crippen LogP contribution in [0.5, 0.6) is 0 Å². The zero-order chi connectivity index (χ0) is 22.2. The van der Waals surface area contributed by atoms with Gasteiger partial charge < -0.3 is 10.1 Å². The molecule has 0 saturated carbocycles. The molecule has 160 valence electrons. The number of azo groups is 1. The van der Waals surface area contributed by atoms with Crippen LogP contribution < -0.4 is 10.2 Å². The molecule has 2 aromatic rings. The molecule has 0 radical (unpaired) electrons. The van der Waals surface area contributed by atoms with Crippen molar-refractivity contribution in [2.75, 3.05) is 30.5 Å². The van der Waals surface area contributed by atoms with Gasteiger partial charge in [-0.15, -0.1) is 0 Å². The number of hydrogen-bond donors (Lipinski definition) is 1. The SMILES string of the molecule is COCC(=O)Nc1ccccc1-c1ccc2c(c1)N(CC(F)(F)F)C(=O)C1=CN=NC12. The van der Waals surface area contributed by atoms with Crippen molar-refractivity contribution in [3.63, 3.8) is 0 Å². The van der Waals surface area contributed by atoms with E-state index in [1.165, 1.54) is 19.4 Å². The number of halogens is 3. The van der Waals surface area contributed by atoms with Crippen LogP contribution in [0.3, 0.4) is 0 Å². The molecule has 1 N–H and O–H groups in total. The highest BCUT2D eigenvalue weighted by atomic mass is 19.4. The van der Waals surface area contributed by atoms with Crippen LogP contribution in [-0.2, 0) is 14.3 Å². The van der Waals surface area contributed by atoms with Gasteiger partial charge in [0.25, 0.3) is 5.91 Å². The largest absolute Gasteiger partial charge is 0.406 e. The number of para-hydroxylation sites is 1. The molecule has 0 aliphatic carbocycles. The van der Waals surface area contributed by atoms with Crippen molar-refractivity contribution in [1.82, 2.24) is 0 Å². The van der Waals surface area contributed by atoms with Crippen molar-refractivity contribution in [1.29, 1.82) is 0 Å². The number of methoxy groups -OCH3 is 1. The van der Waals surface area contributed by atoms with Crippen LogP contribution >= 0.6 is 0 Å². The topological polar surface area (TPSA) is 83.4 Å². The molecule has 7 nitrogen and oxygen atoms in total. The van der Waals surface area contributed by atoms with E-state index in [9.17, 15) is 22.8 Å². The number of rotatable bonds is 5. The van der Waals surface area contributed by atoms with E-state index in [0.29, 0.717) is 27.3 Å². The minimum Gasteiger partial charge on any atom is -0.375 e. The summed E-state index contributed by atoms with van der Waals surface area (Å²) in [6.45, 7) is -1.58. The molecule has 0 bridgehead atoms. The van der Waals surface area contributed by atoms with E-state index in [2.05, 4.69) is 15.5 Å². The minimum absolute atomic E-state index is 0.108. The second-order valence-electron chi connectivity index (χ2n) is 7.02. The quantitative estimate of drug-likeness (QED) is 0.770. The highest BCUT2D eigenvalue weighted by molar-refractivity contribution is 6.10. The van der Waals surface area contributed by atoms with Crippen LogP contribution in [0.4, 0.5) is 24.5 Å². The molecule has 2 aliphatic rings. The predicted molar refractivity (Wildman–Crippen MR) is 106 cm³/mol. The van der Waals surface area contributed by atoms with E-state index in [0.717, 1.165) is 0 Å². The summed E-state index contributed by atoms with van der Waals surface area (Å²) in [5, 5.41) is 10.4. The number of nitrogens with one attached hydrogen (secondary N) is 1. The second-order valence-corrected chi connectivity index (χ2v) is 7.02. The Labute approximate surface area is 175 Å². The van der Waals surface area contributed by atoms with Gasteiger partial charge in [0.15, 0.2) is 0 Å². The number of amides is 2. The number of carbonyl (C=O) groups excluding carboxylic acids is 2. The number of benzene rings is 2. The van der Waals surface area contributed by atoms with E-state index in [1.807, 2.05) is 0 Å². The third-order valence-corrected chi connectivity index (χ3v) is 4.91. The fourth-order valence-electron chi connectivity index (χ4n) is 3.64. The Balaban J connectivity index is 1.79. The lowest BCUT2D eigenvalue weighted by Crippen LogP contribution is -2.43. The van der Waals surface area contributed by atoms with Crippen LogP contribution in [-0.4, -0.2) is 38.3 Å². The average molecular weight is 430 g/mol. The van der Waals surface area contributed by atoms with E-state index < -0.39 is 24.7 Å². The Morgan fingerprint density at radius 3 is 2.74 bits per heavy atom. The Morgan fingerprint density at radius 1 is 1.23 bits per heavy atom. The summed E-state index contributed by atoms with van der Waals surface area (Å²) in [7, 11) is 1.39. The molecule has 2 heterocycles. The van der Waals surface area contributed by atoms with Crippen LogP contribution in [0.25, 0.3) is 11.1 Å². The fourth-order valence-corrected chi connectivity index (χ4v) is 3.64. The normalized spacial score (nSPS) is 17.3. The fraction of sp³-hybridized carbons (Fsp3) is 0.238. The maximum Gasteiger partial charge on any atom is 0.406 e. The highest BCUT2D eigenvalue weighted by Crippen LogP contribution is 2.45. The number of carbonyl (C=O) groups is 2. The molecule has 0 spiro atoms. The summed E-state index contributed by atoms with van der Waals surface area (Å²) in [5.41, 5.74) is 2.27. The smallest absolute Gasteiger partial charge is 0.375 e. The zero-order valence-electron chi connectivity index (χ0n) is 16.3. The molecular formula is C21H17F3N4O3. The van der Waals surface area contributed by atoms with E-state index >= 15 is 0 Å². The van der Waals surface area contributed by atoms with E-state index in [-0.39, 0.29) is 23.8 Å². The van der Waals surface area contributed by atoms with Crippen LogP contribution in [0.2, 0.25) is 0 Å². The first-order valence-corrected chi connectivity index (χ1v) is 9.29. The molecule has 0 saturated heterocycles. The standard InChI is InChI=1S/C21H17F3N4O3/c1-31-10-18(29)26-16-5-3-2-4-13(16)12-6-7-14-17(8-12)28(11-21(22,23)24)20(30)15-9-25-27-19(14)15/h2-9,19H,10-11H2,1H3,(H,26,29). The van der Waals surface area contributed by atoms with Crippen molar-refractivity contribution in [2.24, 2.45) is 10.2 Å². The summed E-state index contributed by atoms with van der Waals surface area (Å²) in [6.07, 6.45) is -3.39. The maximum atomic E-state index is 13.2. The van der Waals surface area contributed by atoms with Gasteiger partial charge in [0.05, 0.1) is 17.5 Å².